The summed E-state index contributed by atoms with van der Waals surface area (Å²) < 4.78 is 0. The zero-order chi connectivity index (χ0) is 18.4. The second-order valence-corrected chi connectivity index (χ2v) is 6.15. The molecule has 0 radical (unpaired) electrons. The number of rotatable bonds is 3. The summed E-state index contributed by atoms with van der Waals surface area (Å²) in [5, 5.41) is 14.9. The molecule has 0 aliphatic carbocycles. The first-order valence-corrected chi connectivity index (χ1v) is 7.97. The zero-order valence-corrected chi connectivity index (χ0v) is 13.8. The summed E-state index contributed by atoms with van der Waals surface area (Å²) in [5.41, 5.74) is 0.935. The molecule has 0 spiro atoms. The number of nitro benzene ring substituents is 1. The van der Waals surface area contributed by atoms with Crippen molar-refractivity contribution in [2.24, 2.45) is 11.1 Å². The van der Waals surface area contributed by atoms with Gasteiger partial charge in [0.25, 0.3) is 11.6 Å². The molecule has 0 aromatic heterocycles. The van der Waals surface area contributed by atoms with Crippen LogP contribution in [-0.2, 0) is 14.4 Å². The van der Waals surface area contributed by atoms with Crippen LogP contribution in [0.25, 0.3) is 0 Å². The monoisotopic (exact) mass is 371 g/mol. The van der Waals surface area contributed by atoms with Crippen LogP contribution < -0.4 is 4.90 Å². The van der Waals surface area contributed by atoms with Gasteiger partial charge in [-0.2, -0.15) is 0 Å². The molecule has 2 aliphatic rings. The fourth-order valence-electron chi connectivity index (χ4n) is 3.04. The molecule has 2 aromatic carbocycles. The lowest BCUT2D eigenvalue weighted by Crippen LogP contribution is -2.33. The quantitative estimate of drug-likeness (QED) is 0.468. The van der Waals surface area contributed by atoms with Crippen molar-refractivity contribution in [1.29, 1.82) is 0 Å². The molecule has 26 heavy (non-hydrogen) atoms. The number of para-hydroxylation sites is 1. The Morgan fingerprint density at radius 1 is 1.08 bits per heavy atom. The third kappa shape index (κ3) is 2.34. The highest BCUT2D eigenvalue weighted by Crippen LogP contribution is 2.37. The van der Waals surface area contributed by atoms with Gasteiger partial charge in [0.15, 0.2) is 0 Å². The van der Waals surface area contributed by atoms with Crippen molar-refractivity contribution in [2.75, 3.05) is 4.90 Å². The Bertz CT molecular complexity index is 973. The van der Waals surface area contributed by atoms with Crippen molar-refractivity contribution >= 4 is 40.5 Å². The first-order valence-electron chi connectivity index (χ1n) is 7.60. The van der Waals surface area contributed by atoms with Gasteiger partial charge in [0.1, 0.15) is 11.6 Å². The second-order valence-electron chi connectivity index (χ2n) is 5.75. The van der Waals surface area contributed by atoms with Crippen LogP contribution in [0.1, 0.15) is 5.56 Å². The van der Waals surface area contributed by atoms with Crippen LogP contribution in [0.3, 0.4) is 0 Å². The highest BCUT2D eigenvalue weighted by molar-refractivity contribution is 6.38. The molecule has 2 atom stereocenters. The molecule has 1 saturated heterocycles. The Morgan fingerprint density at radius 3 is 2.42 bits per heavy atom. The first kappa shape index (κ1) is 16.2. The molecule has 8 nitrogen and oxygen atoms in total. The smallest absolute Gasteiger partial charge is 0.279 e. The lowest BCUT2D eigenvalue weighted by atomic mass is 9.94. The van der Waals surface area contributed by atoms with Crippen LogP contribution in [0, 0.1) is 16.0 Å². The Balaban J connectivity index is 1.69. The van der Waals surface area contributed by atoms with E-state index in [2.05, 4.69) is 5.16 Å². The number of carbonyl (C=O) groups is 2. The molecule has 1 fully saturated rings. The summed E-state index contributed by atoms with van der Waals surface area (Å²) in [5.74, 6) is -1.96. The fourth-order valence-corrected chi connectivity index (χ4v) is 3.26. The van der Waals surface area contributed by atoms with Gasteiger partial charge in [-0.05, 0) is 24.3 Å². The maximum absolute atomic E-state index is 12.9. The maximum atomic E-state index is 12.9. The van der Waals surface area contributed by atoms with Gasteiger partial charge < -0.3 is 4.84 Å². The van der Waals surface area contributed by atoms with Crippen molar-refractivity contribution in [3.05, 3.63) is 69.2 Å². The molecule has 2 unspecified atom stereocenters. The lowest BCUT2D eigenvalue weighted by Gasteiger charge is -2.16. The fraction of sp³-hybridized carbons (Fsp3) is 0.118. The molecular weight excluding hydrogens is 362 g/mol. The van der Waals surface area contributed by atoms with Crippen molar-refractivity contribution < 1.29 is 19.3 Å². The van der Waals surface area contributed by atoms with E-state index in [1.54, 1.807) is 24.3 Å². The van der Waals surface area contributed by atoms with Gasteiger partial charge in [-0.1, -0.05) is 28.9 Å². The summed E-state index contributed by atoms with van der Waals surface area (Å²) >= 11 is 6.11. The number of nitrogens with zero attached hydrogens (tertiary/aromatic N) is 3. The van der Waals surface area contributed by atoms with Crippen LogP contribution in [0.4, 0.5) is 11.4 Å². The molecule has 2 aliphatic heterocycles. The predicted molar refractivity (Wildman–Crippen MR) is 91.9 cm³/mol. The summed E-state index contributed by atoms with van der Waals surface area (Å²) in [7, 11) is 0. The number of fused-ring (bicyclic) bond motifs is 1. The third-order valence-electron chi connectivity index (χ3n) is 4.28. The normalized spacial score (nSPS) is 21.4. The number of hydrogen-bond acceptors (Lipinski definition) is 6. The summed E-state index contributed by atoms with van der Waals surface area (Å²) in [4.78, 5) is 42.0. The van der Waals surface area contributed by atoms with Gasteiger partial charge in [0, 0.05) is 17.7 Å². The number of benzene rings is 2. The number of oxime groups is 1. The molecule has 2 amide bonds. The zero-order valence-electron chi connectivity index (χ0n) is 13.0. The number of nitro groups is 1. The highest BCUT2D eigenvalue weighted by Gasteiger charge is 2.56. The number of non-ortho nitro benzene ring substituents is 1. The van der Waals surface area contributed by atoms with E-state index < -0.39 is 28.8 Å². The summed E-state index contributed by atoms with van der Waals surface area (Å²) in [6.45, 7) is 0. The van der Waals surface area contributed by atoms with Crippen molar-refractivity contribution in [2.45, 2.75) is 6.10 Å². The molecule has 130 valence electrons. The van der Waals surface area contributed by atoms with E-state index in [0.717, 1.165) is 4.90 Å². The number of halogens is 1. The van der Waals surface area contributed by atoms with Gasteiger partial charge in [-0.15, -0.1) is 0 Å². The van der Waals surface area contributed by atoms with Gasteiger partial charge in [0.2, 0.25) is 12.0 Å². The minimum absolute atomic E-state index is 0.0867. The average Bonchev–Trinajstić information content (AvgIpc) is 3.17. The second kappa shape index (κ2) is 5.92. The number of amides is 2. The molecule has 2 aromatic rings. The van der Waals surface area contributed by atoms with Crippen LogP contribution in [0.15, 0.2) is 53.7 Å². The minimum atomic E-state index is -1.07. The van der Waals surface area contributed by atoms with Gasteiger partial charge >= 0.3 is 0 Å². The van der Waals surface area contributed by atoms with E-state index in [-0.39, 0.29) is 22.1 Å². The SMILES string of the molecule is O=C1C2ON=C(c3ccc([N+](=O)[O-])cc3)C2C(=O)N1c1ccccc1Cl. The molecular formula is C17H10ClN3O5. The van der Waals surface area contributed by atoms with E-state index in [0.29, 0.717) is 5.56 Å². The Kier molecular flexibility index (Phi) is 3.69. The average molecular weight is 372 g/mol. The van der Waals surface area contributed by atoms with E-state index in [9.17, 15) is 19.7 Å². The van der Waals surface area contributed by atoms with Crippen LogP contribution >= 0.6 is 11.6 Å². The van der Waals surface area contributed by atoms with Crippen molar-refractivity contribution in [3.8, 4) is 0 Å². The van der Waals surface area contributed by atoms with E-state index in [1.807, 2.05) is 0 Å². The Morgan fingerprint density at radius 2 is 1.77 bits per heavy atom. The third-order valence-corrected chi connectivity index (χ3v) is 4.60. The molecule has 0 bridgehead atoms. The highest BCUT2D eigenvalue weighted by atomic mass is 35.5. The first-order chi connectivity index (χ1) is 12.5. The van der Waals surface area contributed by atoms with Gasteiger partial charge in [0.05, 0.1) is 15.6 Å². The lowest BCUT2D eigenvalue weighted by molar-refractivity contribution is -0.384. The number of hydrogen-bond donors (Lipinski definition) is 0. The van der Waals surface area contributed by atoms with Crippen LogP contribution in [0.5, 0.6) is 0 Å². The predicted octanol–water partition coefficient (Wildman–Crippen LogP) is 2.54. The molecule has 0 N–H and O–H groups in total. The number of carbonyl (C=O) groups excluding carboxylic acids is 2. The Labute approximate surface area is 151 Å². The minimum Gasteiger partial charge on any atom is -0.381 e. The van der Waals surface area contributed by atoms with E-state index in [1.165, 1.54) is 24.3 Å². The van der Waals surface area contributed by atoms with Gasteiger partial charge in [-0.25, -0.2) is 4.90 Å². The summed E-state index contributed by atoms with van der Waals surface area (Å²) in [6, 6.07) is 12.1. The summed E-state index contributed by atoms with van der Waals surface area (Å²) in [6.07, 6.45) is -1.07. The topological polar surface area (TPSA) is 102 Å². The molecule has 2 heterocycles. The standard InChI is InChI=1S/C17H10ClN3O5/c18-11-3-1-2-4-12(11)20-16(22)13-14(19-26-15(13)17(20)23)9-5-7-10(8-6-9)21(24)25/h1-8,13,15H. The molecule has 9 heteroatoms. The number of imide groups is 1. The van der Waals surface area contributed by atoms with Gasteiger partial charge in [-0.3, -0.25) is 19.7 Å². The molecule has 0 saturated carbocycles. The largest absolute Gasteiger partial charge is 0.381 e. The van der Waals surface area contributed by atoms with Crippen LogP contribution in [-0.4, -0.2) is 28.6 Å². The van der Waals surface area contributed by atoms with Crippen LogP contribution in [0.2, 0.25) is 5.02 Å². The maximum Gasteiger partial charge on any atom is 0.279 e. The van der Waals surface area contributed by atoms with E-state index >= 15 is 0 Å². The van der Waals surface area contributed by atoms with Crippen molar-refractivity contribution in [1.82, 2.24) is 0 Å². The molecule has 4 rings (SSSR count). The number of anilines is 1. The Hall–Kier alpha value is -3.26. The van der Waals surface area contributed by atoms with E-state index in [4.69, 9.17) is 16.4 Å². The van der Waals surface area contributed by atoms with Crippen molar-refractivity contribution in [3.63, 3.8) is 0 Å².